The summed E-state index contributed by atoms with van der Waals surface area (Å²) >= 11 is 0. The lowest BCUT2D eigenvalue weighted by Crippen LogP contribution is -2.25. The molecule has 0 amide bonds. The Kier molecular flexibility index (Phi) is 6.56. The standard InChI is InChI=1S/C16H20O6/c1-16(2,3)15(19)22-11-21-14(18)9-13(17)20-10-12-7-5-4-6-8-12/h4-8H,9-11H2,1-3H3. The number of benzene rings is 1. The number of carbonyl (C=O) groups excluding carboxylic acids is 3. The molecule has 6 nitrogen and oxygen atoms in total. The smallest absolute Gasteiger partial charge is 0.320 e. The third kappa shape index (κ3) is 6.88. The number of ether oxygens (including phenoxy) is 3. The highest BCUT2D eigenvalue weighted by Crippen LogP contribution is 2.14. The van der Waals surface area contributed by atoms with Gasteiger partial charge in [0.2, 0.25) is 6.79 Å². The van der Waals surface area contributed by atoms with Gasteiger partial charge in [0.1, 0.15) is 13.0 Å². The van der Waals surface area contributed by atoms with Gasteiger partial charge in [-0.05, 0) is 26.3 Å². The van der Waals surface area contributed by atoms with E-state index in [1.807, 2.05) is 18.2 Å². The fourth-order valence-corrected chi connectivity index (χ4v) is 1.32. The number of carbonyl (C=O) groups is 3. The predicted molar refractivity (Wildman–Crippen MR) is 77.4 cm³/mol. The van der Waals surface area contributed by atoms with Crippen molar-refractivity contribution in [2.24, 2.45) is 5.41 Å². The third-order valence-electron chi connectivity index (χ3n) is 2.55. The number of hydrogen-bond acceptors (Lipinski definition) is 6. The molecule has 120 valence electrons. The molecule has 0 fully saturated rings. The van der Waals surface area contributed by atoms with Crippen LogP contribution in [-0.4, -0.2) is 24.7 Å². The van der Waals surface area contributed by atoms with E-state index in [4.69, 9.17) is 9.47 Å². The normalized spacial score (nSPS) is 10.7. The van der Waals surface area contributed by atoms with Crippen molar-refractivity contribution in [1.82, 2.24) is 0 Å². The Morgan fingerprint density at radius 2 is 1.50 bits per heavy atom. The van der Waals surface area contributed by atoms with E-state index in [-0.39, 0.29) is 6.61 Å². The molecule has 1 aromatic carbocycles. The van der Waals surface area contributed by atoms with E-state index in [0.717, 1.165) is 5.56 Å². The molecule has 0 unspecified atom stereocenters. The zero-order valence-electron chi connectivity index (χ0n) is 13.0. The molecule has 0 radical (unpaired) electrons. The van der Waals surface area contributed by atoms with Crippen molar-refractivity contribution < 1.29 is 28.6 Å². The largest absolute Gasteiger partial charge is 0.460 e. The van der Waals surface area contributed by atoms with Crippen LogP contribution in [0.4, 0.5) is 0 Å². The van der Waals surface area contributed by atoms with E-state index in [1.165, 1.54) is 0 Å². The van der Waals surface area contributed by atoms with Crippen molar-refractivity contribution in [3.63, 3.8) is 0 Å². The van der Waals surface area contributed by atoms with Crippen LogP contribution in [0.25, 0.3) is 0 Å². The van der Waals surface area contributed by atoms with Gasteiger partial charge in [0.25, 0.3) is 0 Å². The first-order valence-corrected chi connectivity index (χ1v) is 6.81. The summed E-state index contributed by atoms with van der Waals surface area (Å²) in [5.74, 6) is -2.00. The minimum Gasteiger partial charge on any atom is -0.460 e. The molecule has 0 saturated carbocycles. The summed E-state index contributed by atoms with van der Waals surface area (Å²) in [5.41, 5.74) is 0.143. The van der Waals surface area contributed by atoms with Crippen LogP contribution in [0.5, 0.6) is 0 Å². The van der Waals surface area contributed by atoms with Crippen molar-refractivity contribution in [3.8, 4) is 0 Å². The zero-order valence-corrected chi connectivity index (χ0v) is 13.0. The van der Waals surface area contributed by atoms with E-state index in [2.05, 4.69) is 4.74 Å². The van der Waals surface area contributed by atoms with Gasteiger partial charge in [-0.1, -0.05) is 30.3 Å². The lowest BCUT2D eigenvalue weighted by molar-refractivity contribution is -0.174. The Morgan fingerprint density at radius 3 is 2.09 bits per heavy atom. The monoisotopic (exact) mass is 308 g/mol. The fraction of sp³-hybridized carbons (Fsp3) is 0.438. The molecule has 1 aromatic rings. The summed E-state index contributed by atoms with van der Waals surface area (Å²) in [5, 5.41) is 0. The van der Waals surface area contributed by atoms with E-state index < -0.39 is 36.5 Å². The third-order valence-corrected chi connectivity index (χ3v) is 2.55. The van der Waals surface area contributed by atoms with Gasteiger partial charge in [-0.15, -0.1) is 0 Å². The Morgan fingerprint density at radius 1 is 0.909 bits per heavy atom. The second-order valence-corrected chi connectivity index (χ2v) is 5.64. The molecule has 0 aliphatic carbocycles. The lowest BCUT2D eigenvalue weighted by Gasteiger charge is -2.16. The van der Waals surface area contributed by atoms with Crippen molar-refractivity contribution >= 4 is 17.9 Å². The summed E-state index contributed by atoms with van der Waals surface area (Å²) in [6, 6.07) is 9.10. The summed E-state index contributed by atoms with van der Waals surface area (Å²) in [4.78, 5) is 34.3. The van der Waals surface area contributed by atoms with Gasteiger partial charge in [0, 0.05) is 0 Å². The molecule has 0 heterocycles. The first-order chi connectivity index (χ1) is 10.3. The number of rotatable bonds is 6. The lowest BCUT2D eigenvalue weighted by atomic mass is 9.98. The second-order valence-electron chi connectivity index (χ2n) is 5.64. The summed E-state index contributed by atoms with van der Waals surface area (Å²) < 4.78 is 14.3. The summed E-state index contributed by atoms with van der Waals surface area (Å²) in [7, 11) is 0. The molecule has 0 saturated heterocycles. The van der Waals surface area contributed by atoms with Crippen molar-refractivity contribution in [3.05, 3.63) is 35.9 Å². The molecule has 0 atom stereocenters. The Balaban J connectivity index is 2.22. The molecule has 0 aliphatic rings. The van der Waals surface area contributed by atoms with Crippen LogP contribution in [-0.2, 0) is 35.2 Å². The Bertz CT molecular complexity index is 515. The van der Waals surface area contributed by atoms with E-state index in [1.54, 1.807) is 32.9 Å². The van der Waals surface area contributed by atoms with Crippen LogP contribution in [0.15, 0.2) is 30.3 Å². The van der Waals surface area contributed by atoms with Crippen LogP contribution in [0.1, 0.15) is 32.8 Å². The Labute approximate surface area is 129 Å². The van der Waals surface area contributed by atoms with Crippen LogP contribution in [0.3, 0.4) is 0 Å². The van der Waals surface area contributed by atoms with Gasteiger partial charge in [-0.25, -0.2) is 0 Å². The molecule has 0 spiro atoms. The average Bonchev–Trinajstić information content (AvgIpc) is 2.45. The highest BCUT2D eigenvalue weighted by molar-refractivity contribution is 5.91. The minimum absolute atomic E-state index is 0.0892. The second kappa shape index (κ2) is 8.17. The van der Waals surface area contributed by atoms with Crippen LogP contribution >= 0.6 is 0 Å². The molecular weight excluding hydrogens is 288 g/mol. The maximum atomic E-state index is 11.5. The van der Waals surface area contributed by atoms with E-state index in [0.29, 0.717) is 0 Å². The van der Waals surface area contributed by atoms with Crippen LogP contribution < -0.4 is 0 Å². The van der Waals surface area contributed by atoms with Gasteiger partial charge in [0.05, 0.1) is 5.41 Å². The molecular formula is C16H20O6. The highest BCUT2D eigenvalue weighted by atomic mass is 16.7. The number of esters is 3. The van der Waals surface area contributed by atoms with Gasteiger partial charge >= 0.3 is 17.9 Å². The summed E-state index contributed by atoms with van der Waals surface area (Å²) in [6.45, 7) is 4.61. The first-order valence-electron chi connectivity index (χ1n) is 6.81. The van der Waals surface area contributed by atoms with Crippen LogP contribution in [0, 0.1) is 5.41 Å². The molecule has 0 N–H and O–H groups in total. The van der Waals surface area contributed by atoms with Crippen molar-refractivity contribution in [1.29, 1.82) is 0 Å². The SMILES string of the molecule is CC(C)(C)C(=O)OCOC(=O)CC(=O)OCc1ccccc1. The topological polar surface area (TPSA) is 78.9 Å². The zero-order chi connectivity index (χ0) is 16.6. The molecule has 0 aromatic heterocycles. The molecule has 0 bridgehead atoms. The maximum absolute atomic E-state index is 11.5. The average molecular weight is 308 g/mol. The maximum Gasteiger partial charge on any atom is 0.320 e. The van der Waals surface area contributed by atoms with Crippen molar-refractivity contribution in [2.75, 3.05) is 6.79 Å². The first kappa shape index (κ1) is 17.7. The predicted octanol–water partition coefficient (Wildman–Crippen LogP) is 2.21. The summed E-state index contributed by atoms with van der Waals surface area (Å²) in [6.07, 6.45) is -0.528. The van der Waals surface area contributed by atoms with Gasteiger partial charge < -0.3 is 14.2 Å². The van der Waals surface area contributed by atoms with Crippen LogP contribution in [0.2, 0.25) is 0 Å². The number of hydrogen-bond donors (Lipinski definition) is 0. The highest BCUT2D eigenvalue weighted by Gasteiger charge is 2.23. The van der Waals surface area contributed by atoms with Crippen molar-refractivity contribution in [2.45, 2.75) is 33.8 Å². The van der Waals surface area contributed by atoms with Gasteiger partial charge in [-0.2, -0.15) is 0 Å². The Hall–Kier alpha value is -2.37. The fourth-order valence-electron chi connectivity index (χ4n) is 1.32. The molecule has 6 heteroatoms. The molecule has 22 heavy (non-hydrogen) atoms. The quantitative estimate of drug-likeness (QED) is 0.455. The van der Waals surface area contributed by atoms with E-state index in [9.17, 15) is 14.4 Å². The molecule has 1 rings (SSSR count). The molecule has 0 aliphatic heterocycles. The minimum atomic E-state index is -0.806. The van der Waals surface area contributed by atoms with Gasteiger partial charge in [0.15, 0.2) is 0 Å². The van der Waals surface area contributed by atoms with Gasteiger partial charge in [-0.3, -0.25) is 14.4 Å². The van der Waals surface area contributed by atoms with E-state index >= 15 is 0 Å².